The number of halogens is 2. The van der Waals surface area contributed by atoms with Crippen molar-refractivity contribution in [1.82, 2.24) is 9.97 Å². The molecule has 2 heterocycles. The van der Waals surface area contributed by atoms with Crippen molar-refractivity contribution in [3.8, 4) is 5.75 Å². The number of nitrogens with zero attached hydrogens (tertiary/aromatic N) is 2. The molecular formula is C12H11F2N3O2. The average Bonchev–Trinajstić information content (AvgIpc) is 2.40. The first kappa shape index (κ1) is 14.5. The largest absolute Gasteiger partial charge is 0.495 e. The van der Waals surface area contributed by atoms with Crippen LogP contribution in [0.1, 0.15) is 10.4 Å². The van der Waals surface area contributed by atoms with Gasteiger partial charge in [0, 0.05) is 0 Å². The summed E-state index contributed by atoms with van der Waals surface area (Å²) < 4.78 is 29.2. The van der Waals surface area contributed by atoms with Crippen LogP contribution in [0.15, 0.2) is 30.5 Å². The Bertz CT molecular complexity index is 547. The molecule has 19 heavy (non-hydrogen) atoms. The Morgan fingerprint density at radius 3 is 2.58 bits per heavy atom. The Morgan fingerprint density at radius 1 is 1.37 bits per heavy atom. The summed E-state index contributed by atoms with van der Waals surface area (Å²) in [6.45, 7) is 0. The molecule has 0 aromatic carbocycles. The van der Waals surface area contributed by atoms with Crippen LogP contribution in [-0.4, -0.2) is 23.4 Å². The number of carbonyl (C=O) groups excluding carboxylic acids is 1. The Labute approximate surface area is 108 Å². The number of carbonyl (C=O) groups is 1. The van der Waals surface area contributed by atoms with Crippen molar-refractivity contribution >= 4 is 12.1 Å². The van der Waals surface area contributed by atoms with Gasteiger partial charge in [-0.2, -0.15) is 8.78 Å². The standard InChI is InChI=1S/C7H6FNO2.C5H5FN2/c1-11-6-2-5(4-10)7(8)9-3-6;6-4-2-1-3-5(7)8-4/h2-4H,1H3;1-3H,(H2,7,8). The lowest BCUT2D eigenvalue weighted by molar-refractivity contribution is 0.111. The number of aromatic nitrogens is 2. The zero-order valence-electron chi connectivity index (χ0n) is 10.0. The van der Waals surface area contributed by atoms with Gasteiger partial charge in [-0.1, -0.05) is 6.07 Å². The normalized spacial score (nSPS) is 9.21. The highest BCUT2D eigenvalue weighted by Gasteiger charge is 2.02. The topological polar surface area (TPSA) is 78.1 Å². The predicted octanol–water partition coefficient (Wildman–Crippen LogP) is 1.84. The molecule has 0 aliphatic carbocycles. The molecule has 0 amide bonds. The van der Waals surface area contributed by atoms with Gasteiger partial charge in [-0.05, 0) is 18.2 Å². The number of hydrogen-bond acceptors (Lipinski definition) is 5. The van der Waals surface area contributed by atoms with Crippen molar-refractivity contribution in [2.24, 2.45) is 0 Å². The molecule has 2 aromatic rings. The summed E-state index contributed by atoms with van der Waals surface area (Å²) in [5.74, 6) is -0.732. The lowest BCUT2D eigenvalue weighted by Crippen LogP contribution is -1.93. The maximum Gasteiger partial charge on any atom is 0.223 e. The van der Waals surface area contributed by atoms with E-state index in [-0.39, 0.29) is 11.4 Å². The molecule has 2 N–H and O–H groups in total. The van der Waals surface area contributed by atoms with Gasteiger partial charge >= 0.3 is 0 Å². The molecule has 0 fully saturated rings. The number of aldehydes is 1. The number of methoxy groups -OCH3 is 1. The zero-order chi connectivity index (χ0) is 14.3. The third kappa shape index (κ3) is 4.66. The van der Waals surface area contributed by atoms with Crippen LogP contribution in [0.4, 0.5) is 14.6 Å². The van der Waals surface area contributed by atoms with Crippen LogP contribution in [0.2, 0.25) is 0 Å². The summed E-state index contributed by atoms with van der Waals surface area (Å²) >= 11 is 0. The van der Waals surface area contributed by atoms with Gasteiger partial charge in [-0.15, -0.1) is 0 Å². The van der Waals surface area contributed by atoms with Crippen LogP contribution in [0.25, 0.3) is 0 Å². The Kier molecular flexibility index (Phi) is 5.34. The van der Waals surface area contributed by atoms with Crippen LogP contribution in [-0.2, 0) is 0 Å². The Balaban J connectivity index is 0.000000200. The molecule has 0 radical (unpaired) electrons. The summed E-state index contributed by atoms with van der Waals surface area (Å²) in [4.78, 5) is 16.7. The number of rotatable bonds is 2. The van der Waals surface area contributed by atoms with Crippen LogP contribution in [0.5, 0.6) is 5.75 Å². The van der Waals surface area contributed by atoms with Crippen LogP contribution in [0.3, 0.4) is 0 Å². The minimum Gasteiger partial charge on any atom is -0.495 e. The van der Waals surface area contributed by atoms with E-state index in [4.69, 9.17) is 10.5 Å². The number of pyridine rings is 2. The van der Waals surface area contributed by atoms with Gasteiger partial charge in [-0.3, -0.25) is 4.79 Å². The van der Waals surface area contributed by atoms with E-state index in [1.807, 2.05) is 0 Å². The molecule has 2 rings (SSSR count). The molecule has 0 aliphatic rings. The first-order valence-corrected chi connectivity index (χ1v) is 5.09. The molecule has 5 nitrogen and oxygen atoms in total. The van der Waals surface area contributed by atoms with Gasteiger partial charge in [0.2, 0.25) is 11.9 Å². The lowest BCUT2D eigenvalue weighted by Gasteiger charge is -1.98. The number of nitrogens with two attached hydrogens (primary N) is 1. The van der Waals surface area contributed by atoms with E-state index in [0.29, 0.717) is 12.0 Å². The molecule has 0 spiro atoms. The number of anilines is 1. The van der Waals surface area contributed by atoms with Gasteiger partial charge in [0.05, 0.1) is 18.9 Å². The quantitative estimate of drug-likeness (QED) is 0.663. The van der Waals surface area contributed by atoms with E-state index < -0.39 is 11.9 Å². The number of ether oxygens (including phenoxy) is 1. The molecule has 7 heteroatoms. The van der Waals surface area contributed by atoms with Crippen molar-refractivity contribution in [1.29, 1.82) is 0 Å². The molecular weight excluding hydrogens is 256 g/mol. The fraction of sp³-hybridized carbons (Fsp3) is 0.0833. The number of hydrogen-bond donors (Lipinski definition) is 1. The van der Waals surface area contributed by atoms with E-state index in [9.17, 15) is 13.6 Å². The third-order valence-electron chi connectivity index (χ3n) is 1.94. The summed E-state index contributed by atoms with van der Waals surface area (Å²) in [6, 6.07) is 5.58. The smallest absolute Gasteiger partial charge is 0.223 e. The van der Waals surface area contributed by atoms with Crippen LogP contribution in [0, 0.1) is 11.9 Å². The Morgan fingerprint density at radius 2 is 2.11 bits per heavy atom. The van der Waals surface area contributed by atoms with Crippen molar-refractivity contribution in [2.45, 2.75) is 0 Å². The van der Waals surface area contributed by atoms with Gasteiger partial charge in [0.15, 0.2) is 6.29 Å². The highest BCUT2D eigenvalue weighted by molar-refractivity contribution is 5.75. The van der Waals surface area contributed by atoms with Gasteiger partial charge < -0.3 is 10.5 Å². The van der Waals surface area contributed by atoms with Gasteiger partial charge in [0.25, 0.3) is 0 Å². The van der Waals surface area contributed by atoms with E-state index in [1.165, 1.54) is 37.6 Å². The highest BCUT2D eigenvalue weighted by Crippen LogP contribution is 2.11. The predicted molar refractivity (Wildman–Crippen MR) is 64.7 cm³/mol. The van der Waals surface area contributed by atoms with E-state index in [1.54, 1.807) is 0 Å². The van der Waals surface area contributed by atoms with Crippen LogP contribution >= 0.6 is 0 Å². The fourth-order valence-corrected chi connectivity index (χ4v) is 1.06. The molecule has 0 aliphatic heterocycles. The summed E-state index contributed by atoms with van der Waals surface area (Å²) in [5, 5.41) is 0. The lowest BCUT2D eigenvalue weighted by atomic mass is 10.3. The van der Waals surface area contributed by atoms with Crippen molar-refractivity contribution in [3.63, 3.8) is 0 Å². The summed E-state index contributed by atoms with van der Waals surface area (Å²) in [7, 11) is 1.42. The minimum atomic E-state index is -0.777. The van der Waals surface area contributed by atoms with E-state index in [2.05, 4.69) is 9.97 Å². The summed E-state index contributed by atoms with van der Waals surface area (Å²) in [5.41, 5.74) is 5.01. The molecule has 100 valence electrons. The maximum absolute atomic E-state index is 12.5. The molecule has 0 saturated carbocycles. The second-order valence-electron chi connectivity index (χ2n) is 3.26. The minimum absolute atomic E-state index is 0.0932. The SMILES string of the molecule is COc1cnc(F)c(C=O)c1.Nc1cccc(F)n1. The molecule has 2 aromatic heterocycles. The van der Waals surface area contributed by atoms with Gasteiger partial charge in [-0.25, -0.2) is 9.97 Å². The number of nitrogen functional groups attached to an aromatic ring is 1. The molecule has 0 unspecified atom stereocenters. The zero-order valence-corrected chi connectivity index (χ0v) is 10.0. The fourth-order valence-electron chi connectivity index (χ4n) is 1.06. The first-order chi connectivity index (χ1) is 9.06. The van der Waals surface area contributed by atoms with Crippen molar-refractivity contribution in [2.75, 3.05) is 12.8 Å². The molecule has 0 saturated heterocycles. The second-order valence-corrected chi connectivity index (χ2v) is 3.26. The average molecular weight is 267 g/mol. The van der Waals surface area contributed by atoms with E-state index >= 15 is 0 Å². The second kappa shape index (κ2) is 7.00. The monoisotopic (exact) mass is 267 g/mol. The van der Waals surface area contributed by atoms with Gasteiger partial charge in [0.1, 0.15) is 11.6 Å². The maximum atomic E-state index is 12.5. The highest BCUT2D eigenvalue weighted by atomic mass is 19.1. The molecule has 0 bridgehead atoms. The first-order valence-electron chi connectivity index (χ1n) is 5.09. The van der Waals surface area contributed by atoms with Crippen molar-refractivity contribution in [3.05, 3.63) is 47.9 Å². The van der Waals surface area contributed by atoms with Crippen LogP contribution < -0.4 is 10.5 Å². The third-order valence-corrected chi connectivity index (χ3v) is 1.94. The van der Waals surface area contributed by atoms with E-state index in [0.717, 1.165) is 0 Å². The molecule has 0 atom stereocenters. The van der Waals surface area contributed by atoms with Crippen molar-refractivity contribution < 1.29 is 18.3 Å². The summed E-state index contributed by atoms with van der Waals surface area (Å²) in [6.07, 6.45) is 1.60. The Hall–Kier alpha value is -2.57.